The van der Waals surface area contributed by atoms with Crippen molar-refractivity contribution < 1.29 is 8.63 Å². The third-order valence-corrected chi connectivity index (χ3v) is 13.5. The van der Waals surface area contributed by atoms with Crippen LogP contribution in [-0.4, -0.2) is 42.0 Å². The molecule has 0 aliphatic heterocycles. The van der Waals surface area contributed by atoms with Gasteiger partial charge in [0.25, 0.3) is 0 Å². The van der Waals surface area contributed by atoms with Gasteiger partial charge in [0.2, 0.25) is 0 Å². The van der Waals surface area contributed by atoms with E-state index in [0.717, 1.165) is 33.5 Å². The van der Waals surface area contributed by atoms with E-state index < -0.39 is 24.1 Å². The van der Waals surface area contributed by atoms with Crippen LogP contribution in [0.2, 0.25) is 18.1 Å². The Bertz CT molecular complexity index is 1490. The van der Waals surface area contributed by atoms with Crippen molar-refractivity contribution in [2.24, 2.45) is 5.14 Å². The highest BCUT2D eigenvalue weighted by Gasteiger charge is 2.37. The minimum atomic E-state index is -1.91. The lowest BCUT2D eigenvalue weighted by Gasteiger charge is -2.36. The summed E-state index contributed by atoms with van der Waals surface area (Å²) in [4.78, 5) is 14.2. The maximum atomic E-state index is 12.0. The van der Waals surface area contributed by atoms with E-state index in [1.807, 2.05) is 49.0 Å². The molecule has 4 rings (SSSR count). The molecular weight excluding hydrogens is 525 g/mol. The lowest BCUT2D eigenvalue weighted by molar-refractivity contribution is 0.271. The number of benzene rings is 1. The second-order valence-electron chi connectivity index (χ2n) is 12.4. The Kier molecular flexibility index (Phi) is 8.23. The summed E-state index contributed by atoms with van der Waals surface area (Å²) in [5, 5.41) is 11.4. The molecule has 0 saturated heterocycles. The molecule has 4 aromatic rings. The zero-order valence-electron chi connectivity index (χ0n) is 24.2. The first-order valence-electron chi connectivity index (χ1n) is 13.2. The molecule has 2 atom stereocenters. The predicted octanol–water partition coefficient (Wildman–Crippen LogP) is 6.29. The Labute approximate surface area is 235 Å². The number of fused-ring (bicyclic) bond motifs is 1. The molecule has 0 spiro atoms. The molecule has 0 aliphatic carbocycles. The van der Waals surface area contributed by atoms with E-state index in [9.17, 15) is 4.21 Å². The first kappa shape index (κ1) is 29.2. The number of nitrogens with two attached hydrogens (primary N) is 1. The number of aromatic nitrogens is 5. The SMILES string of the molecule is C[C@@H](CC(C)(C)S(N)=O)c1cccc(-c2ccc3cnn(-c4cncc(CO[Si](C)(C)C(C)(C)C)n4)c3c2)n1. The number of hydrogen-bond acceptors (Lipinski definition) is 6. The molecule has 1 unspecified atom stereocenters. The van der Waals surface area contributed by atoms with Crippen molar-refractivity contribution in [3.8, 4) is 17.1 Å². The van der Waals surface area contributed by atoms with Crippen LogP contribution < -0.4 is 5.14 Å². The highest BCUT2D eigenvalue weighted by molar-refractivity contribution is 7.84. The zero-order valence-corrected chi connectivity index (χ0v) is 26.0. The molecule has 0 fully saturated rings. The molecule has 2 N–H and O–H groups in total. The summed E-state index contributed by atoms with van der Waals surface area (Å²) in [5.74, 6) is 0.749. The average molecular weight is 565 g/mol. The average Bonchev–Trinajstić information content (AvgIpc) is 3.30. The molecule has 1 aromatic carbocycles. The molecule has 3 aromatic heterocycles. The van der Waals surface area contributed by atoms with Gasteiger partial charge < -0.3 is 4.43 Å². The van der Waals surface area contributed by atoms with Gasteiger partial charge in [-0.1, -0.05) is 45.9 Å². The van der Waals surface area contributed by atoms with Crippen LogP contribution in [0.15, 0.2) is 55.0 Å². The standard InChI is InChI=1S/C29H40N6O2SSi/c1-20(15-29(5,6)38(30)36)24-10-9-11-25(34-24)21-12-13-22-16-32-35(26(22)14-21)27-18-31-17-23(33-27)19-37-39(7,8)28(2,3)4/h9-14,16-18,20H,15,19,30H2,1-8H3/t20-,38?/m0/s1. The first-order chi connectivity index (χ1) is 18.2. The molecule has 39 heavy (non-hydrogen) atoms. The van der Waals surface area contributed by atoms with Gasteiger partial charge in [-0.25, -0.2) is 13.9 Å². The maximum absolute atomic E-state index is 12.0. The summed E-state index contributed by atoms with van der Waals surface area (Å²) in [7, 11) is -3.32. The van der Waals surface area contributed by atoms with Gasteiger partial charge >= 0.3 is 0 Å². The van der Waals surface area contributed by atoms with Crippen molar-refractivity contribution in [3.63, 3.8) is 0 Å². The minimum Gasteiger partial charge on any atom is -0.411 e. The van der Waals surface area contributed by atoms with Crippen LogP contribution in [0, 0.1) is 0 Å². The topological polar surface area (TPSA) is 109 Å². The number of rotatable bonds is 9. The van der Waals surface area contributed by atoms with Crippen molar-refractivity contribution in [2.75, 3.05) is 0 Å². The van der Waals surface area contributed by atoms with Crippen LogP contribution in [-0.2, 0) is 22.0 Å². The summed E-state index contributed by atoms with van der Waals surface area (Å²) in [6, 6.07) is 12.2. The second-order valence-corrected chi connectivity index (χ2v) is 18.9. The van der Waals surface area contributed by atoms with Crippen molar-refractivity contribution in [3.05, 3.63) is 66.4 Å². The minimum absolute atomic E-state index is 0.105. The van der Waals surface area contributed by atoms with Crippen LogP contribution in [0.1, 0.15) is 65.3 Å². The Hall–Kier alpha value is -2.79. The van der Waals surface area contributed by atoms with Crippen LogP contribution in [0.25, 0.3) is 28.0 Å². The fraction of sp³-hybridized carbons (Fsp3) is 0.448. The summed E-state index contributed by atoms with van der Waals surface area (Å²) < 4.78 is 19.6. The number of hydrogen-bond donors (Lipinski definition) is 1. The van der Waals surface area contributed by atoms with E-state index in [1.54, 1.807) is 12.4 Å². The molecule has 0 radical (unpaired) electrons. The van der Waals surface area contributed by atoms with E-state index in [0.29, 0.717) is 18.8 Å². The van der Waals surface area contributed by atoms with Crippen molar-refractivity contribution in [1.29, 1.82) is 0 Å². The van der Waals surface area contributed by atoms with Gasteiger partial charge in [0.1, 0.15) is 0 Å². The molecule has 0 bridgehead atoms. The van der Waals surface area contributed by atoms with E-state index in [2.05, 4.69) is 63.0 Å². The van der Waals surface area contributed by atoms with E-state index >= 15 is 0 Å². The van der Waals surface area contributed by atoms with Crippen molar-refractivity contribution >= 4 is 30.2 Å². The second kappa shape index (κ2) is 11.0. The van der Waals surface area contributed by atoms with Gasteiger partial charge in [0.15, 0.2) is 14.1 Å². The lowest BCUT2D eigenvalue weighted by Crippen LogP contribution is -2.40. The van der Waals surface area contributed by atoms with E-state index in [1.165, 1.54) is 0 Å². The first-order valence-corrected chi connectivity index (χ1v) is 17.4. The van der Waals surface area contributed by atoms with Gasteiger partial charge in [0, 0.05) is 16.6 Å². The van der Waals surface area contributed by atoms with Crippen LogP contribution >= 0.6 is 0 Å². The van der Waals surface area contributed by atoms with Gasteiger partial charge in [-0.15, -0.1) is 0 Å². The Morgan fingerprint density at radius 1 is 1.05 bits per heavy atom. The maximum Gasteiger partial charge on any atom is 0.192 e. The largest absolute Gasteiger partial charge is 0.411 e. The van der Waals surface area contributed by atoms with Crippen molar-refractivity contribution in [2.45, 2.75) is 83.4 Å². The van der Waals surface area contributed by atoms with Crippen molar-refractivity contribution in [1.82, 2.24) is 24.7 Å². The summed E-state index contributed by atoms with van der Waals surface area (Å²) in [6.45, 7) is 17.5. The predicted molar refractivity (Wildman–Crippen MR) is 161 cm³/mol. The molecular formula is C29H40N6O2SSi. The number of nitrogens with zero attached hydrogens (tertiary/aromatic N) is 5. The molecule has 3 heterocycles. The fourth-order valence-electron chi connectivity index (χ4n) is 4.21. The molecule has 208 valence electrons. The van der Waals surface area contributed by atoms with Crippen LogP contribution in [0.5, 0.6) is 0 Å². The Morgan fingerprint density at radius 3 is 2.49 bits per heavy atom. The van der Waals surface area contributed by atoms with Gasteiger partial charge in [-0.05, 0) is 62.5 Å². The molecule has 0 amide bonds. The van der Waals surface area contributed by atoms with E-state index in [4.69, 9.17) is 19.5 Å². The number of pyridine rings is 1. The van der Waals surface area contributed by atoms with Crippen LogP contribution in [0.3, 0.4) is 0 Å². The molecule has 0 aliphatic rings. The fourth-order valence-corrected chi connectivity index (χ4v) is 5.56. The Balaban J connectivity index is 1.62. The highest BCUT2D eigenvalue weighted by Crippen LogP contribution is 2.37. The van der Waals surface area contributed by atoms with Gasteiger partial charge in [-0.2, -0.15) is 5.10 Å². The molecule has 10 heteroatoms. The zero-order chi connectivity index (χ0) is 28.6. The molecule has 0 saturated carbocycles. The van der Waals surface area contributed by atoms with Gasteiger partial charge in [0.05, 0.1) is 57.8 Å². The summed E-state index contributed by atoms with van der Waals surface area (Å²) in [6.07, 6.45) is 5.98. The quantitative estimate of drug-likeness (QED) is 0.239. The highest BCUT2D eigenvalue weighted by atomic mass is 32.2. The molecule has 8 nitrogen and oxygen atoms in total. The third kappa shape index (κ3) is 6.51. The summed E-state index contributed by atoms with van der Waals surface area (Å²) in [5.41, 5.74) is 4.49. The van der Waals surface area contributed by atoms with Crippen LogP contribution in [0.4, 0.5) is 0 Å². The lowest BCUT2D eigenvalue weighted by atomic mass is 9.94. The normalized spacial score (nSPS) is 14.5. The monoisotopic (exact) mass is 564 g/mol. The van der Waals surface area contributed by atoms with E-state index in [-0.39, 0.29) is 11.0 Å². The smallest absolute Gasteiger partial charge is 0.192 e. The Morgan fingerprint density at radius 2 is 1.79 bits per heavy atom. The van der Waals surface area contributed by atoms with Gasteiger partial charge in [-0.3, -0.25) is 15.1 Å². The summed E-state index contributed by atoms with van der Waals surface area (Å²) >= 11 is 0. The third-order valence-electron chi connectivity index (χ3n) is 7.76.